The normalized spacial score (nSPS) is 20.0. The summed E-state index contributed by atoms with van der Waals surface area (Å²) in [6.45, 7) is 2.99. The monoisotopic (exact) mass is 291 g/mol. The number of carbonyl (C=O) groups excluding carboxylic acids is 1. The van der Waals surface area contributed by atoms with Gasteiger partial charge in [0.2, 0.25) is 0 Å². The lowest BCUT2D eigenvalue weighted by Gasteiger charge is -2.32. The lowest BCUT2D eigenvalue weighted by Crippen LogP contribution is -2.46. The molecular weight excluding hydrogens is 270 g/mol. The van der Waals surface area contributed by atoms with E-state index in [0.717, 1.165) is 12.0 Å². The first-order valence-corrected chi connectivity index (χ1v) is 7.25. The van der Waals surface area contributed by atoms with E-state index in [2.05, 4.69) is 0 Å². The molecule has 0 saturated carbocycles. The van der Waals surface area contributed by atoms with Crippen LogP contribution >= 0.6 is 0 Å². The predicted molar refractivity (Wildman–Crippen MR) is 77.6 cm³/mol. The van der Waals surface area contributed by atoms with Gasteiger partial charge in [-0.25, -0.2) is 0 Å². The van der Waals surface area contributed by atoms with Gasteiger partial charge in [-0.05, 0) is 25.3 Å². The number of likely N-dealkylation sites (tertiary alicyclic amines) is 1. The van der Waals surface area contributed by atoms with Crippen LogP contribution in [0, 0.1) is 5.92 Å². The molecule has 21 heavy (non-hydrogen) atoms. The number of hydrogen-bond acceptors (Lipinski definition) is 3. The van der Waals surface area contributed by atoms with Crippen molar-refractivity contribution in [2.45, 2.75) is 32.5 Å². The molecule has 0 spiro atoms. The summed E-state index contributed by atoms with van der Waals surface area (Å²) < 4.78 is 5.60. The van der Waals surface area contributed by atoms with Crippen LogP contribution in [0.1, 0.15) is 25.3 Å². The van der Waals surface area contributed by atoms with Crippen LogP contribution in [0.2, 0.25) is 0 Å². The molecule has 1 heterocycles. The number of carboxylic acids is 1. The van der Waals surface area contributed by atoms with Crippen LogP contribution in [0.3, 0.4) is 0 Å². The Morgan fingerprint density at radius 3 is 2.76 bits per heavy atom. The first-order chi connectivity index (χ1) is 10.1. The summed E-state index contributed by atoms with van der Waals surface area (Å²) in [5, 5.41) is 9.06. The van der Waals surface area contributed by atoms with Crippen molar-refractivity contribution in [3.05, 3.63) is 35.9 Å². The van der Waals surface area contributed by atoms with Gasteiger partial charge in [0, 0.05) is 13.1 Å². The Balaban J connectivity index is 1.85. The minimum absolute atomic E-state index is 0.128. The van der Waals surface area contributed by atoms with Crippen molar-refractivity contribution in [3.8, 4) is 0 Å². The van der Waals surface area contributed by atoms with Gasteiger partial charge in [0.15, 0.2) is 0 Å². The Morgan fingerprint density at radius 1 is 1.38 bits per heavy atom. The highest BCUT2D eigenvalue weighted by atomic mass is 16.5. The molecule has 1 aliphatic rings. The van der Waals surface area contributed by atoms with Crippen molar-refractivity contribution in [1.82, 2.24) is 4.90 Å². The molecule has 2 rings (SSSR count). The number of carbonyl (C=O) groups is 2. The average molecular weight is 291 g/mol. The average Bonchev–Trinajstić information content (AvgIpc) is 2.53. The van der Waals surface area contributed by atoms with Gasteiger partial charge in [-0.3, -0.25) is 9.59 Å². The predicted octanol–water partition coefficient (Wildman–Crippen LogP) is 1.91. The number of nitrogens with zero attached hydrogens (tertiary/aromatic N) is 1. The van der Waals surface area contributed by atoms with Crippen LogP contribution in [0.25, 0.3) is 0 Å². The first kappa shape index (κ1) is 15.5. The van der Waals surface area contributed by atoms with Crippen molar-refractivity contribution >= 4 is 11.9 Å². The van der Waals surface area contributed by atoms with Crippen LogP contribution < -0.4 is 0 Å². The molecule has 0 bridgehead atoms. The summed E-state index contributed by atoms with van der Waals surface area (Å²) in [5.74, 6) is -1.41. The molecule has 5 heteroatoms. The highest BCUT2D eigenvalue weighted by Gasteiger charge is 2.30. The fourth-order valence-electron chi connectivity index (χ4n) is 2.50. The van der Waals surface area contributed by atoms with Crippen molar-refractivity contribution in [1.29, 1.82) is 0 Å². The number of rotatable bonds is 5. The molecule has 114 valence electrons. The number of aliphatic carboxylic acids is 1. The molecule has 1 saturated heterocycles. The summed E-state index contributed by atoms with van der Waals surface area (Å²) in [5.41, 5.74) is 1.01. The third-order valence-electron chi connectivity index (χ3n) is 3.77. The van der Waals surface area contributed by atoms with E-state index in [9.17, 15) is 9.59 Å². The van der Waals surface area contributed by atoms with Crippen LogP contribution in [0.4, 0.5) is 0 Å². The van der Waals surface area contributed by atoms with Gasteiger partial charge in [0.05, 0.1) is 12.5 Å². The fraction of sp³-hybridized carbons (Fsp3) is 0.500. The quantitative estimate of drug-likeness (QED) is 0.900. The second-order valence-corrected chi connectivity index (χ2v) is 5.40. The van der Waals surface area contributed by atoms with E-state index >= 15 is 0 Å². The third kappa shape index (κ3) is 4.29. The van der Waals surface area contributed by atoms with Gasteiger partial charge in [-0.1, -0.05) is 30.3 Å². The van der Waals surface area contributed by atoms with Crippen LogP contribution in [0.15, 0.2) is 30.3 Å². The molecule has 1 aromatic rings. The maximum absolute atomic E-state index is 12.3. The smallest absolute Gasteiger partial charge is 0.308 e. The van der Waals surface area contributed by atoms with Gasteiger partial charge in [-0.2, -0.15) is 0 Å². The number of piperidine rings is 1. The van der Waals surface area contributed by atoms with Crippen LogP contribution in [-0.4, -0.2) is 41.1 Å². The maximum Gasteiger partial charge on any atom is 0.308 e. The van der Waals surface area contributed by atoms with Crippen LogP contribution in [0.5, 0.6) is 0 Å². The molecule has 0 aromatic heterocycles. The topological polar surface area (TPSA) is 66.8 Å². The standard InChI is InChI=1S/C16H21NO4/c1-12(21-11-13-6-3-2-4-7-13)15(18)17-9-5-8-14(10-17)16(19)20/h2-4,6-7,12,14H,5,8-11H2,1H3,(H,19,20)/t12-,14+/m1/s1. The lowest BCUT2D eigenvalue weighted by atomic mass is 9.98. The second-order valence-electron chi connectivity index (χ2n) is 5.40. The zero-order chi connectivity index (χ0) is 15.2. The highest BCUT2D eigenvalue weighted by molar-refractivity contribution is 5.81. The number of benzene rings is 1. The molecule has 5 nitrogen and oxygen atoms in total. The number of amides is 1. The molecule has 1 amide bonds. The highest BCUT2D eigenvalue weighted by Crippen LogP contribution is 2.18. The van der Waals surface area contributed by atoms with E-state index in [1.807, 2.05) is 30.3 Å². The van der Waals surface area contributed by atoms with Gasteiger partial charge in [-0.15, -0.1) is 0 Å². The summed E-state index contributed by atoms with van der Waals surface area (Å²) in [6.07, 6.45) is 0.810. The Hall–Kier alpha value is -1.88. The van der Waals surface area contributed by atoms with E-state index < -0.39 is 18.0 Å². The minimum atomic E-state index is -0.828. The lowest BCUT2D eigenvalue weighted by molar-refractivity contribution is -0.150. The van der Waals surface area contributed by atoms with Crippen molar-refractivity contribution < 1.29 is 19.4 Å². The van der Waals surface area contributed by atoms with Crippen molar-refractivity contribution in [3.63, 3.8) is 0 Å². The van der Waals surface area contributed by atoms with E-state index in [1.165, 1.54) is 0 Å². The third-order valence-corrected chi connectivity index (χ3v) is 3.77. The van der Waals surface area contributed by atoms with Crippen LogP contribution in [-0.2, 0) is 20.9 Å². The van der Waals surface area contributed by atoms with E-state index in [0.29, 0.717) is 19.6 Å². The zero-order valence-electron chi connectivity index (χ0n) is 12.2. The largest absolute Gasteiger partial charge is 0.481 e. The SMILES string of the molecule is C[C@@H](OCc1ccccc1)C(=O)N1CCC[C@H](C(=O)O)C1. The zero-order valence-corrected chi connectivity index (χ0v) is 12.2. The van der Waals surface area contributed by atoms with Crippen molar-refractivity contribution in [2.75, 3.05) is 13.1 Å². The van der Waals surface area contributed by atoms with Gasteiger partial charge in [0.25, 0.3) is 5.91 Å². The van der Waals surface area contributed by atoms with E-state index in [1.54, 1.807) is 11.8 Å². The molecule has 1 aliphatic heterocycles. The van der Waals surface area contributed by atoms with E-state index in [4.69, 9.17) is 9.84 Å². The molecule has 1 N–H and O–H groups in total. The fourth-order valence-corrected chi connectivity index (χ4v) is 2.50. The van der Waals surface area contributed by atoms with E-state index in [-0.39, 0.29) is 12.5 Å². The second kappa shape index (κ2) is 7.22. The van der Waals surface area contributed by atoms with Gasteiger partial charge >= 0.3 is 5.97 Å². The summed E-state index contributed by atoms with van der Waals surface area (Å²) in [7, 11) is 0. The Kier molecular flexibility index (Phi) is 5.33. The summed E-state index contributed by atoms with van der Waals surface area (Å²) >= 11 is 0. The first-order valence-electron chi connectivity index (χ1n) is 7.25. The molecule has 2 atom stereocenters. The number of hydrogen-bond donors (Lipinski definition) is 1. The number of ether oxygens (including phenoxy) is 1. The Labute approximate surface area is 124 Å². The summed E-state index contributed by atoms with van der Waals surface area (Å²) in [6, 6.07) is 9.66. The Morgan fingerprint density at radius 2 is 2.10 bits per heavy atom. The van der Waals surface area contributed by atoms with Gasteiger partial charge < -0.3 is 14.7 Å². The molecule has 1 fully saturated rings. The van der Waals surface area contributed by atoms with Crippen molar-refractivity contribution in [2.24, 2.45) is 5.92 Å². The summed E-state index contributed by atoms with van der Waals surface area (Å²) in [4.78, 5) is 24.9. The molecule has 0 unspecified atom stereocenters. The molecule has 0 aliphatic carbocycles. The Bertz CT molecular complexity index is 488. The maximum atomic E-state index is 12.3. The number of carboxylic acid groups (broad SMARTS) is 1. The molecule has 1 aromatic carbocycles. The molecular formula is C16H21NO4. The minimum Gasteiger partial charge on any atom is -0.481 e. The van der Waals surface area contributed by atoms with Gasteiger partial charge in [0.1, 0.15) is 6.10 Å². The molecule has 0 radical (unpaired) electrons.